The highest BCUT2D eigenvalue weighted by molar-refractivity contribution is 6.15. The summed E-state index contributed by atoms with van der Waals surface area (Å²) in [5, 5.41) is 4.53. The Bertz CT molecular complexity index is 3020. The standard InChI is InChI=1S/C48H35N5O/c1-48(2,3)33-23-20-31(21-24-33)46-50-45(30-12-5-4-6-13-30)51-47(52-46)38-29-49-27-26-40(38)53-39-17-9-7-14-35(39)36-25-22-32(28-41(36)53)34-16-11-19-43-44(34)37-15-8-10-18-42(37)54-43/h4-29H,1-3H3. The van der Waals surface area contributed by atoms with Gasteiger partial charge in [0.1, 0.15) is 11.2 Å². The lowest BCUT2D eigenvalue weighted by molar-refractivity contribution is 0.590. The largest absolute Gasteiger partial charge is 0.456 e. The van der Waals surface area contributed by atoms with Gasteiger partial charge in [-0.05, 0) is 52.4 Å². The number of para-hydroxylation sites is 2. The summed E-state index contributed by atoms with van der Waals surface area (Å²) in [6.45, 7) is 6.66. The summed E-state index contributed by atoms with van der Waals surface area (Å²) in [6, 6.07) is 50.5. The third-order valence-electron chi connectivity index (χ3n) is 10.3. The van der Waals surface area contributed by atoms with Gasteiger partial charge in [-0.2, -0.15) is 0 Å². The minimum atomic E-state index is 0.0314. The van der Waals surface area contributed by atoms with Crippen molar-refractivity contribution in [2.75, 3.05) is 0 Å². The van der Waals surface area contributed by atoms with Gasteiger partial charge >= 0.3 is 0 Å². The van der Waals surface area contributed by atoms with E-state index in [0.29, 0.717) is 17.5 Å². The zero-order valence-electron chi connectivity index (χ0n) is 30.2. The lowest BCUT2D eigenvalue weighted by Crippen LogP contribution is -2.10. The van der Waals surface area contributed by atoms with Gasteiger partial charge in [0.2, 0.25) is 0 Å². The normalized spacial score (nSPS) is 12.0. The van der Waals surface area contributed by atoms with Crippen molar-refractivity contribution in [3.05, 3.63) is 164 Å². The summed E-state index contributed by atoms with van der Waals surface area (Å²) in [5.41, 5.74) is 11.0. The topological polar surface area (TPSA) is 69.6 Å². The van der Waals surface area contributed by atoms with Crippen LogP contribution < -0.4 is 0 Å². The fourth-order valence-electron chi connectivity index (χ4n) is 7.63. The summed E-state index contributed by atoms with van der Waals surface area (Å²) in [5.74, 6) is 1.77. The molecule has 0 N–H and O–H groups in total. The Kier molecular flexibility index (Phi) is 7.27. The van der Waals surface area contributed by atoms with Crippen LogP contribution in [0, 0.1) is 0 Å². The summed E-state index contributed by atoms with van der Waals surface area (Å²) < 4.78 is 8.60. The van der Waals surface area contributed by atoms with E-state index in [1.165, 1.54) is 5.56 Å². The van der Waals surface area contributed by atoms with E-state index in [9.17, 15) is 0 Å². The smallest absolute Gasteiger partial charge is 0.167 e. The second kappa shape index (κ2) is 12.3. The van der Waals surface area contributed by atoms with Crippen LogP contribution in [0.25, 0.3) is 94.7 Å². The Morgan fingerprint density at radius 1 is 0.500 bits per heavy atom. The molecule has 6 heteroatoms. The Morgan fingerprint density at radius 2 is 1.15 bits per heavy atom. The molecule has 6 aromatic carbocycles. The molecule has 54 heavy (non-hydrogen) atoms. The fourth-order valence-corrected chi connectivity index (χ4v) is 7.63. The van der Waals surface area contributed by atoms with Crippen molar-refractivity contribution in [3.63, 3.8) is 0 Å². The zero-order valence-corrected chi connectivity index (χ0v) is 30.2. The van der Waals surface area contributed by atoms with E-state index in [0.717, 1.165) is 77.2 Å². The van der Waals surface area contributed by atoms with E-state index in [-0.39, 0.29) is 5.41 Å². The molecule has 10 aromatic rings. The van der Waals surface area contributed by atoms with Gasteiger partial charge in [0.25, 0.3) is 0 Å². The quantitative estimate of drug-likeness (QED) is 0.179. The molecule has 0 fully saturated rings. The molecule has 0 aliphatic heterocycles. The van der Waals surface area contributed by atoms with Crippen LogP contribution in [0.2, 0.25) is 0 Å². The van der Waals surface area contributed by atoms with Crippen molar-refractivity contribution in [2.45, 2.75) is 26.2 Å². The number of hydrogen-bond donors (Lipinski definition) is 0. The van der Waals surface area contributed by atoms with Crippen LogP contribution in [0.4, 0.5) is 0 Å². The molecule has 0 aliphatic rings. The van der Waals surface area contributed by atoms with E-state index < -0.39 is 0 Å². The van der Waals surface area contributed by atoms with E-state index in [4.69, 9.17) is 19.4 Å². The van der Waals surface area contributed by atoms with Gasteiger partial charge < -0.3 is 8.98 Å². The Labute approximate surface area is 312 Å². The van der Waals surface area contributed by atoms with Crippen molar-refractivity contribution in [1.29, 1.82) is 0 Å². The van der Waals surface area contributed by atoms with Gasteiger partial charge in [0.05, 0.1) is 22.3 Å². The van der Waals surface area contributed by atoms with Gasteiger partial charge in [-0.1, -0.05) is 136 Å². The maximum Gasteiger partial charge on any atom is 0.167 e. The van der Waals surface area contributed by atoms with Crippen LogP contribution >= 0.6 is 0 Å². The maximum absolute atomic E-state index is 6.28. The van der Waals surface area contributed by atoms with Gasteiger partial charge in [-0.25, -0.2) is 15.0 Å². The lowest BCUT2D eigenvalue weighted by atomic mass is 9.87. The third kappa shape index (κ3) is 5.26. The molecule has 258 valence electrons. The predicted molar refractivity (Wildman–Crippen MR) is 220 cm³/mol. The molecule has 0 saturated heterocycles. The van der Waals surface area contributed by atoms with Gasteiger partial charge in [0.15, 0.2) is 17.5 Å². The first-order valence-electron chi connectivity index (χ1n) is 18.2. The van der Waals surface area contributed by atoms with Crippen LogP contribution in [-0.2, 0) is 5.41 Å². The van der Waals surface area contributed by atoms with Crippen LogP contribution in [0.1, 0.15) is 26.3 Å². The highest BCUT2D eigenvalue weighted by Gasteiger charge is 2.21. The highest BCUT2D eigenvalue weighted by atomic mass is 16.3. The summed E-state index contributed by atoms with van der Waals surface area (Å²) in [7, 11) is 0. The molecule has 4 heterocycles. The molecule has 0 amide bonds. The Hall–Kier alpha value is -6.92. The monoisotopic (exact) mass is 697 g/mol. The summed E-state index contributed by atoms with van der Waals surface area (Å²) in [6.07, 6.45) is 3.71. The van der Waals surface area contributed by atoms with Gasteiger partial charge in [0, 0.05) is 45.1 Å². The molecule has 0 aliphatic carbocycles. The second-order valence-electron chi connectivity index (χ2n) is 14.8. The number of aromatic nitrogens is 5. The molecule has 0 bridgehead atoms. The average molecular weight is 698 g/mol. The number of nitrogens with zero attached hydrogens (tertiary/aromatic N) is 5. The molecular weight excluding hydrogens is 663 g/mol. The molecule has 0 unspecified atom stereocenters. The zero-order chi connectivity index (χ0) is 36.4. The predicted octanol–water partition coefficient (Wildman–Crippen LogP) is 12.2. The molecular formula is C48H35N5O. The minimum Gasteiger partial charge on any atom is -0.456 e. The van der Waals surface area contributed by atoms with Crippen molar-refractivity contribution in [1.82, 2.24) is 24.5 Å². The van der Waals surface area contributed by atoms with E-state index in [2.05, 4.69) is 127 Å². The average Bonchev–Trinajstić information content (AvgIpc) is 3.76. The van der Waals surface area contributed by atoms with Crippen LogP contribution in [-0.4, -0.2) is 24.5 Å². The van der Waals surface area contributed by atoms with Crippen LogP contribution in [0.3, 0.4) is 0 Å². The van der Waals surface area contributed by atoms with Crippen LogP contribution in [0.15, 0.2) is 162 Å². The minimum absolute atomic E-state index is 0.0314. The fraction of sp³-hybridized carbons (Fsp3) is 0.0833. The number of hydrogen-bond acceptors (Lipinski definition) is 5. The van der Waals surface area contributed by atoms with Crippen molar-refractivity contribution >= 4 is 43.7 Å². The second-order valence-corrected chi connectivity index (χ2v) is 14.8. The van der Waals surface area contributed by atoms with Crippen molar-refractivity contribution in [3.8, 4) is 51.0 Å². The molecule has 0 atom stereocenters. The first-order chi connectivity index (χ1) is 26.4. The van der Waals surface area contributed by atoms with E-state index >= 15 is 0 Å². The van der Waals surface area contributed by atoms with Crippen molar-refractivity contribution < 1.29 is 4.42 Å². The molecule has 0 radical (unpaired) electrons. The van der Waals surface area contributed by atoms with Gasteiger partial charge in [-0.3, -0.25) is 4.98 Å². The van der Waals surface area contributed by atoms with E-state index in [1.807, 2.05) is 60.9 Å². The molecule has 10 rings (SSSR count). The first-order valence-corrected chi connectivity index (χ1v) is 18.2. The van der Waals surface area contributed by atoms with Crippen molar-refractivity contribution in [2.24, 2.45) is 0 Å². The third-order valence-corrected chi connectivity index (χ3v) is 10.3. The molecule has 4 aromatic heterocycles. The molecule has 6 nitrogen and oxygen atoms in total. The van der Waals surface area contributed by atoms with Gasteiger partial charge in [-0.15, -0.1) is 0 Å². The first kappa shape index (κ1) is 31.8. The molecule has 0 saturated carbocycles. The number of rotatable bonds is 5. The summed E-state index contributed by atoms with van der Waals surface area (Å²) in [4.78, 5) is 19.9. The highest BCUT2D eigenvalue weighted by Crippen LogP contribution is 2.41. The number of furan rings is 1. The Balaban J connectivity index is 1.20. The lowest BCUT2D eigenvalue weighted by Gasteiger charge is -2.19. The number of fused-ring (bicyclic) bond motifs is 6. The number of benzene rings is 6. The van der Waals surface area contributed by atoms with Crippen LogP contribution in [0.5, 0.6) is 0 Å². The summed E-state index contributed by atoms with van der Waals surface area (Å²) >= 11 is 0. The Morgan fingerprint density at radius 3 is 1.94 bits per heavy atom. The SMILES string of the molecule is CC(C)(C)c1ccc(-c2nc(-c3ccccc3)nc(-c3cnccc3-n3c4ccccc4c4ccc(-c5cccc6oc7ccccc7c56)cc43)n2)cc1. The number of pyridine rings is 1. The van der Waals surface area contributed by atoms with E-state index in [1.54, 1.807) is 0 Å². The maximum atomic E-state index is 6.28. The molecule has 0 spiro atoms.